The number of ketones is 2. The van der Waals surface area contributed by atoms with Gasteiger partial charge in [-0.2, -0.15) is 0 Å². The minimum absolute atomic E-state index is 0.118. The summed E-state index contributed by atoms with van der Waals surface area (Å²) >= 11 is 0. The Hall–Kier alpha value is -2.29. The van der Waals surface area contributed by atoms with Crippen molar-refractivity contribution in [2.45, 2.75) is 70.9 Å². The fourth-order valence-electron chi connectivity index (χ4n) is 5.22. The average Bonchev–Trinajstić information content (AvgIpc) is 2.67. The molecule has 1 aliphatic heterocycles. The van der Waals surface area contributed by atoms with Gasteiger partial charge in [0.25, 0.3) is 0 Å². The number of aliphatic hydroxyl groups is 3. The summed E-state index contributed by atoms with van der Waals surface area (Å²) in [6.07, 6.45) is -0.947. The topological polar surface area (TPSA) is 134 Å². The van der Waals surface area contributed by atoms with Crippen molar-refractivity contribution in [3.05, 3.63) is 32.9 Å². The summed E-state index contributed by atoms with van der Waals surface area (Å²) in [6, 6.07) is 0. The second kappa shape index (κ2) is 5.69. The van der Waals surface area contributed by atoms with Gasteiger partial charge in [0.15, 0.2) is 17.0 Å². The van der Waals surface area contributed by atoms with Crippen LogP contribution in [0.5, 0.6) is 5.75 Å². The molecule has 2 heterocycles. The average molecular weight is 418 g/mol. The molecule has 5 atom stereocenters. The second-order valence-corrected chi connectivity index (χ2v) is 9.49. The van der Waals surface area contributed by atoms with E-state index in [4.69, 9.17) is 9.15 Å². The smallest absolute Gasteiger partial charge is 0.347 e. The molecule has 8 nitrogen and oxygen atoms in total. The first-order valence-corrected chi connectivity index (χ1v) is 9.90. The fraction of sp³-hybridized carbons (Fsp3) is 0.591. The van der Waals surface area contributed by atoms with Gasteiger partial charge in [-0.1, -0.05) is 6.92 Å². The summed E-state index contributed by atoms with van der Waals surface area (Å²) in [5.41, 5.74) is -7.80. The number of rotatable bonds is 0. The maximum Gasteiger partial charge on any atom is 0.347 e. The third-order valence-electron chi connectivity index (χ3n) is 7.57. The van der Waals surface area contributed by atoms with E-state index in [-0.39, 0.29) is 11.3 Å². The Morgan fingerprint density at radius 3 is 2.30 bits per heavy atom. The number of hydrogen-bond acceptors (Lipinski definition) is 8. The zero-order valence-corrected chi connectivity index (χ0v) is 17.8. The Morgan fingerprint density at radius 1 is 1.10 bits per heavy atom. The maximum absolute atomic E-state index is 13.3. The van der Waals surface area contributed by atoms with Crippen LogP contribution in [-0.4, -0.2) is 49.8 Å². The molecule has 2 fully saturated rings. The molecule has 0 bridgehead atoms. The van der Waals surface area contributed by atoms with E-state index in [1.165, 1.54) is 33.8 Å². The molecule has 0 saturated heterocycles. The minimum Gasteiger partial charge on any atom is -0.479 e. The van der Waals surface area contributed by atoms with E-state index in [9.17, 15) is 29.7 Å². The number of aliphatic hydroxyl groups excluding tert-OH is 1. The molecular weight excluding hydrogens is 392 g/mol. The highest BCUT2D eigenvalue weighted by Crippen LogP contribution is 2.58. The Morgan fingerprint density at radius 2 is 1.70 bits per heavy atom. The summed E-state index contributed by atoms with van der Waals surface area (Å²) in [7, 11) is 0. The van der Waals surface area contributed by atoms with Crippen LogP contribution in [0.1, 0.15) is 51.0 Å². The van der Waals surface area contributed by atoms with E-state index >= 15 is 0 Å². The van der Waals surface area contributed by atoms with Gasteiger partial charge >= 0.3 is 5.63 Å². The molecule has 0 radical (unpaired) electrons. The van der Waals surface area contributed by atoms with E-state index in [0.717, 1.165) is 0 Å². The molecule has 0 aromatic carbocycles. The van der Waals surface area contributed by atoms with Gasteiger partial charge in [-0.05, 0) is 46.3 Å². The van der Waals surface area contributed by atoms with Gasteiger partial charge in [-0.25, -0.2) is 4.79 Å². The Bertz CT molecular complexity index is 1100. The molecule has 4 rings (SSSR count). The van der Waals surface area contributed by atoms with Crippen molar-refractivity contribution < 1.29 is 34.1 Å². The quantitative estimate of drug-likeness (QED) is 0.528. The Kier molecular flexibility index (Phi) is 3.97. The van der Waals surface area contributed by atoms with E-state index in [0.29, 0.717) is 16.9 Å². The van der Waals surface area contributed by atoms with Gasteiger partial charge in [-0.3, -0.25) is 9.59 Å². The molecule has 162 valence electrons. The van der Waals surface area contributed by atoms with Crippen molar-refractivity contribution in [1.82, 2.24) is 0 Å². The highest BCUT2D eigenvalue weighted by molar-refractivity contribution is 6.14. The van der Waals surface area contributed by atoms with Crippen LogP contribution in [0.4, 0.5) is 0 Å². The highest BCUT2D eigenvalue weighted by Gasteiger charge is 2.77. The van der Waals surface area contributed by atoms with Crippen molar-refractivity contribution in [2.24, 2.45) is 11.3 Å². The molecule has 1 aromatic rings. The SMILES string of the molecule is Cc1oc(=O)c2c(c1C)OC1(C)C(=C2)C(C)C2(O)CC(=O)C(C)(C)C(=O)C2(O)C1O. The van der Waals surface area contributed by atoms with Crippen LogP contribution < -0.4 is 10.4 Å². The van der Waals surface area contributed by atoms with E-state index in [2.05, 4.69) is 0 Å². The normalized spacial score (nSPS) is 39.4. The summed E-state index contributed by atoms with van der Waals surface area (Å²) in [5.74, 6) is -1.94. The van der Waals surface area contributed by atoms with Crippen LogP contribution in [0, 0.1) is 25.2 Å². The van der Waals surface area contributed by atoms with E-state index in [1.54, 1.807) is 13.8 Å². The first kappa shape index (κ1) is 21.0. The van der Waals surface area contributed by atoms with Gasteiger partial charge in [0, 0.05) is 17.9 Å². The molecule has 3 N–H and O–H groups in total. The number of hydrogen-bond donors (Lipinski definition) is 3. The lowest BCUT2D eigenvalue weighted by atomic mass is 9.48. The van der Waals surface area contributed by atoms with Gasteiger partial charge in [0.2, 0.25) is 0 Å². The molecule has 3 aliphatic rings. The van der Waals surface area contributed by atoms with E-state index in [1.807, 2.05) is 0 Å². The van der Waals surface area contributed by atoms with Crippen LogP contribution in [0.2, 0.25) is 0 Å². The van der Waals surface area contributed by atoms with E-state index < -0.39 is 57.9 Å². The molecule has 0 spiro atoms. The molecule has 8 heteroatoms. The predicted molar refractivity (Wildman–Crippen MR) is 105 cm³/mol. The van der Waals surface area contributed by atoms with Crippen molar-refractivity contribution in [2.75, 3.05) is 0 Å². The zero-order valence-electron chi connectivity index (χ0n) is 17.8. The summed E-state index contributed by atoms with van der Waals surface area (Å²) in [5, 5.41) is 34.4. The largest absolute Gasteiger partial charge is 0.479 e. The van der Waals surface area contributed by atoms with Crippen LogP contribution in [0.15, 0.2) is 14.8 Å². The lowest BCUT2D eigenvalue weighted by molar-refractivity contribution is -0.267. The Balaban J connectivity index is 2.02. The molecule has 5 unspecified atom stereocenters. The molecular formula is C22H26O8. The zero-order chi connectivity index (χ0) is 22.6. The number of fused-ring (bicyclic) bond motifs is 3. The summed E-state index contributed by atoms with van der Waals surface area (Å²) in [6.45, 7) is 9.08. The number of carbonyl (C=O) groups is 2. The molecule has 1 aromatic heterocycles. The van der Waals surface area contributed by atoms with Crippen LogP contribution >= 0.6 is 0 Å². The first-order chi connectivity index (χ1) is 13.6. The molecule has 2 aliphatic carbocycles. The van der Waals surface area contributed by atoms with Gasteiger partial charge in [0.1, 0.15) is 34.6 Å². The summed E-state index contributed by atoms with van der Waals surface area (Å²) < 4.78 is 11.3. The van der Waals surface area contributed by atoms with Crippen molar-refractivity contribution >= 4 is 17.6 Å². The lowest BCUT2D eigenvalue weighted by Crippen LogP contribution is -2.83. The van der Waals surface area contributed by atoms with Crippen LogP contribution in [0.25, 0.3) is 6.08 Å². The number of aryl methyl sites for hydroxylation is 1. The van der Waals surface area contributed by atoms with Gasteiger partial charge in [0.05, 0.1) is 5.41 Å². The number of carbonyl (C=O) groups excluding carboxylic acids is 2. The monoisotopic (exact) mass is 418 g/mol. The standard InChI is InChI=1S/C22H26O8/c1-9-11(3)29-16(24)12-7-13-10(2)21(27)8-14(23)19(4,5)17(25)22(21,28)18(26)20(13,6)30-15(9)12/h7,10,18,26-28H,8H2,1-6H3. The molecule has 30 heavy (non-hydrogen) atoms. The first-order valence-electron chi connectivity index (χ1n) is 9.90. The minimum atomic E-state index is -2.64. The molecule has 0 amide bonds. The fourth-order valence-corrected chi connectivity index (χ4v) is 5.22. The third kappa shape index (κ3) is 2.09. The van der Waals surface area contributed by atoms with Crippen molar-refractivity contribution in [1.29, 1.82) is 0 Å². The predicted octanol–water partition coefficient (Wildman–Crippen LogP) is 0.832. The van der Waals surface area contributed by atoms with Crippen LogP contribution in [-0.2, 0) is 9.59 Å². The highest BCUT2D eigenvalue weighted by atomic mass is 16.5. The number of ether oxygens (including phenoxy) is 1. The Labute approximate surface area is 173 Å². The van der Waals surface area contributed by atoms with Gasteiger partial charge in [-0.15, -0.1) is 0 Å². The lowest BCUT2D eigenvalue weighted by Gasteiger charge is -2.62. The molecule has 2 saturated carbocycles. The third-order valence-corrected chi connectivity index (χ3v) is 7.57. The van der Waals surface area contributed by atoms with Gasteiger partial charge < -0.3 is 24.5 Å². The van der Waals surface area contributed by atoms with Crippen molar-refractivity contribution in [3.63, 3.8) is 0 Å². The summed E-state index contributed by atoms with van der Waals surface area (Å²) in [4.78, 5) is 38.4. The number of Topliss-reactive ketones (excluding diaryl/α,β-unsaturated/α-hetero) is 2. The van der Waals surface area contributed by atoms with Crippen LogP contribution in [0.3, 0.4) is 0 Å². The van der Waals surface area contributed by atoms with Crippen molar-refractivity contribution in [3.8, 4) is 5.75 Å². The maximum atomic E-state index is 13.3. The second-order valence-electron chi connectivity index (χ2n) is 9.49.